The second kappa shape index (κ2) is 11.5. The molecule has 0 bridgehead atoms. The monoisotopic (exact) mass is 405 g/mol. The van der Waals surface area contributed by atoms with Crippen molar-refractivity contribution in [1.29, 1.82) is 0 Å². The fourth-order valence-corrected chi connectivity index (χ4v) is 4.20. The number of carbonyl (C=O) groups is 2. The van der Waals surface area contributed by atoms with E-state index in [9.17, 15) is 4.79 Å². The van der Waals surface area contributed by atoms with Crippen molar-refractivity contribution in [2.24, 2.45) is 17.5 Å². The summed E-state index contributed by atoms with van der Waals surface area (Å²) in [4.78, 5) is 24.3. The minimum atomic E-state index is -0.352. The summed E-state index contributed by atoms with van der Waals surface area (Å²) in [6.07, 6.45) is 11.6. The smallest absolute Gasteiger partial charge is 0.247 e. The SMILES string of the molecule is CC1CCCN1C(=O)C(C1CCCCC1)N(N)/C=C(\N)c1ccco1.CNC=O. The van der Waals surface area contributed by atoms with E-state index >= 15 is 0 Å². The zero-order valence-corrected chi connectivity index (χ0v) is 17.5. The fraction of sp³-hybridized carbons (Fsp3) is 0.619. The van der Waals surface area contributed by atoms with Crippen LogP contribution < -0.4 is 16.9 Å². The van der Waals surface area contributed by atoms with E-state index in [1.165, 1.54) is 11.4 Å². The molecule has 1 aliphatic heterocycles. The molecule has 2 aliphatic rings. The van der Waals surface area contributed by atoms with Gasteiger partial charge in [0.1, 0.15) is 6.04 Å². The molecule has 2 fully saturated rings. The Hall–Kier alpha value is -2.48. The van der Waals surface area contributed by atoms with E-state index in [0.717, 1.165) is 45.1 Å². The Kier molecular flexibility index (Phi) is 9.05. The summed E-state index contributed by atoms with van der Waals surface area (Å²) in [5.74, 6) is 7.35. The summed E-state index contributed by atoms with van der Waals surface area (Å²) < 4.78 is 5.33. The molecule has 8 nitrogen and oxygen atoms in total. The Morgan fingerprint density at radius 1 is 1.31 bits per heavy atom. The molecule has 1 aromatic heterocycles. The molecule has 1 aromatic rings. The van der Waals surface area contributed by atoms with Gasteiger partial charge in [-0.25, -0.2) is 5.84 Å². The zero-order chi connectivity index (χ0) is 21.2. The largest absolute Gasteiger partial charge is 0.463 e. The van der Waals surface area contributed by atoms with E-state index in [1.807, 2.05) is 4.90 Å². The highest BCUT2D eigenvalue weighted by molar-refractivity contribution is 5.83. The summed E-state index contributed by atoms with van der Waals surface area (Å²) in [6.45, 7) is 2.95. The summed E-state index contributed by atoms with van der Waals surface area (Å²) in [5, 5.41) is 3.78. The fourth-order valence-electron chi connectivity index (χ4n) is 4.20. The number of nitrogens with one attached hydrogen (secondary N) is 1. The molecule has 1 saturated carbocycles. The van der Waals surface area contributed by atoms with Crippen molar-refractivity contribution in [2.75, 3.05) is 13.6 Å². The number of amides is 2. The van der Waals surface area contributed by atoms with E-state index in [1.54, 1.807) is 31.6 Å². The van der Waals surface area contributed by atoms with Gasteiger partial charge in [0.25, 0.3) is 0 Å². The highest BCUT2D eigenvalue weighted by Gasteiger charge is 2.38. The van der Waals surface area contributed by atoms with Crippen molar-refractivity contribution in [2.45, 2.75) is 64.0 Å². The standard InChI is InChI=1S/C19H30N4O2.C2H5NO/c1-14-7-5-11-22(14)19(24)18(15-8-3-2-4-9-15)23(21)13-16(20)17-10-6-12-25-17;1-3-2-4/h6,10,12-15,18H,2-5,7-9,11,20-21H2,1H3;2H,1H3,(H,3,4)/b16-13-;. The number of nitrogens with zero attached hydrogens (tertiary/aromatic N) is 2. The highest BCUT2D eigenvalue weighted by atomic mass is 16.3. The number of furan rings is 1. The molecule has 2 amide bonds. The number of likely N-dealkylation sites (tertiary alicyclic amines) is 1. The number of hydrogen-bond acceptors (Lipinski definition) is 6. The van der Waals surface area contributed by atoms with E-state index in [2.05, 4.69) is 12.2 Å². The van der Waals surface area contributed by atoms with E-state index in [-0.39, 0.29) is 17.9 Å². The minimum absolute atomic E-state index is 0.142. The first-order valence-corrected chi connectivity index (χ1v) is 10.4. The van der Waals surface area contributed by atoms with Crippen molar-refractivity contribution >= 4 is 18.0 Å². The minimum Gasteiger partial charge on any atom is -0.463 e. The summed E-state index contributed by atoms with van der Waals surface area (Å²) in [5.41, 5.74) is 6.55. The Morgan fingerprint density at radius 3 is 2.52 bits per heavy atom. The quantitative estimate of drug-likeness (QED) is 0.379. The third-order valence-electron chi connectivity index (χ3n) is 5.72. The van der Waals surface area contributed by atoms with Crippen LogP contribution in [0.25, 0.3) is 5.70 Å². The summed E-state index contributed by atoms with van der Waals surface area (Å²) in [6, 6.07) is 3.51. The van der Waals surface area contributed by atoms with Crippen molar-refractivity contribution in [1.82, 2.24) is 15.2 Å². The third kappa shape index (κ3) is 6.25. The molecule has 162 valence electrons. The van der Waals surface area contributed by atoms with E-state index < -0.39 is 0 Å². The second-order valence-electron chi connectivity index (χ2n) is 7.78. The number of rotatable bonds is 6. The predicted octanol–water partition coefficient (Wildman–Crippen LogP) is 2.03. The number of hydrogen-bond donors (Lipinski definition) is 3. The van der Waals surface area contributed by atoms with Crippen molar-refractivity contribution in [3.05, 3.63) is 30.4 Å². The van der Waals surface area contributed by atoms with Crippen LogP contribution in [0.2, 0.25) is 0 Å². The van der Waals surface area contributed by atoms with Gasteiger partial charge in [0.15, 0.2) is 5.76 Å². The lowest BCUT2D eigenvalue weighted by Crippen LogP contribution is -2.54. The van der Waals surface area contributed by atoms with Gasteiger partial charge in [-0.3, -0.25) is 9.59 Å². The number of nitrogens with two attached hydrogens (primary N) is 2. The van der Waals surface area contributed by atoms with Gasteiger partial charge in [-0.15, -0.1) is 0 Å². The average molecular weight is 406 g/mol. The maximum absolute atomic E-state index is 13.3. The zero-order valence-electron chi connectivity index (χ0n) is 17.5. The van der Waals surface area contributed by atoms with Crippen LogP contribution in [0.5, 0.6) is 0 Å². The lowest BCUT2D eigenvalue weighted by Gasteiger charge is -2.38. The van der Waals surface area contributed by atoms with Crippen LogP contribution in [0.3, 0.4) is 0 Å². The van der Waals surface area contributed by atoms with Crippen LogP contribution in [0, 0.1) is 5.92 Å². The molecule has 0 spiro atoms. The highest BCUT2D eigenvalue weighted by Crippen LogP contribution is 2.31. The van der Waals surface area contributed by atoms with Crippen LogP contribution in [-0.2, 0) is 9.59 Å². The van der Waals surface area contributed by atoms with E-state index in [4.69, 9.17) is 20.8 Å². The van der Waals surface area contributed by atoms with Crippen LogP contribution >= 0.6 is 0 Å². The molecular weight excluding hydrogens is 370 g/mol. The third-order valence-corrected chi connectivity index (χ3v) is 5.72. The van der Waals surface area contributed by atoms with Gasteiger partial charge in [-0.1, -0.05) is 19.3 Å². The molecule has 2 atom stereocenters. The first-order valence-electron chi connectivity index (χ1n) is 10.4. The molecule has 5 N–H and O–H groups in total. The number of carbonyl (C=O) groups excluding carboxylic acids is 2. The average Bonchev–Trinajstić information content (AvgIpc) is 3.41. The van der Waals surface area contributed by atoms with Gasteiger partial charge in [0.05, 0.1) is 12.0 Å². The van der Waals surface area contributed by atoms with Crippen molar-refractivity contribution in [3.8, 4) is 0 Å². The molecule has 8 heteroatoms. The molecule has 2 unspecified atom stereocenters. The first-order chi connectivity index (χ1) is 14.0. The Balaban J connectivity index is 0.000000687. The maximum atomic E-state index is 13.3. The molecule has 1 saturated heterocycles. The Bertz CT molecular complexity index is 655. The van der Waals surface area contributed by atoms with Crippen LogP contribution in [-0.4, -0.2) is 47.9 Å². The van der Waals surface area contributed by atoms with Crippen molar-refractivity contribution in [3.63, 3.8) is 0 Å². The predicted molar refractivity (Wildman–Crippen MR) is 113 cm³/mol. The molecule has 3 rings (SSSR count). The summed E-state index contributed by atoms with van der Waals surface area (Å²) in [7, 11) is 1.56. The van der Waals surface area contributed by atoms with Crippen LogP contribution in [0.1, 0.15) is 57.6 Å². The Labute approximate surface area is 173 Å². The summed E-state index contributed by atoms with van der Waals surface area (Å²) >= 11 is 0. The lowest BCUT2D eigenvalue weighted by molar-refractivity contribution is -0.139. The van der Waals surface area contributed by atoms with Gasteiger partial charge < -0.3 is 25.4 Å². The molecule has 2 heterocycles. The van der Waals surface area contributed by atoms with Crippen LogP contribution in [0.4, 0.5) is 0 Å². The van der Waals surface area contributed by atoms with Gasteiger partial charge in [-0.05, 0) is 50.7 Å². The van der Waals surface area contributed by atoms with Gasteiger partial charge in [0, 0.05) is 25.8 Å². The second-order valence-corrected chi connectivity index (χ2v) is 7.78. The van der Waals surface area contributed by atoms with Crippen LogP contribution in [0.15, 0.2) is 29.0 Å². The molecular formula is C21H35N5O3. The van der Waals surface area contributed by atoms with Crippen molar-refractivity contribution < 1.29 is 14.0 Å². The maximum Gasteiger partial charge on any atom is 0.247 e. The molecule has 29 heavy (non-hydrogen) atoms. The van der Waals surface area contributed by atoms with Gasteiger partial charge in [0.2, 0.25) is 12.3 Å². The lowest BCUT2D eigenvalue weighted by atomic mass is 9.83. The van der Waals surface area contributed by atoms with Gasteiger partial charge >= 0.3 is 0 Å². The molecule has 0 radical (unpaired) electrons. The normalized spacial score (nSPS) is 21.1. The van der Waals surface area contributed by atoms with Gasteiger partial charge in [-0.2, -0.15) is 0 Å². The molecule has 1 aliphatic carbocycles. The Morgan fingerprint density at radius 2 is 2.00 bits per heavy atom. The first kappa shape index (κ1) is 22.8. The van der Waals surface area contributed by atoms with E-state index in [0.29, 0.717) is 23.9 Å². The number of hydrazine groups is 1. The molecule has 0 aromatic carbocycles. The topological polar surface area (TPSA) is 118 Å².